The highest BCUT2D eigenvalue weighted by molar-refractivity contribution is 6.39. The molecule has 0 radical (unpaired) electrons. The highest BCUT2D eigenvalue weighted by atomic mass is 35.5. The first-order chi connectivity index (χ1) is 14.5. The molecule has 4 rings (SSSR count). The maximum Gasteiger partial charge on any atom is 0.412 e. The molecule has 30 heavy (non-hydrogen) atoms. The third-order valence-electron chi connectivity index (χ3n) is 4.44. The van der Waals surface area contributed by atoms with Crippen molar-refractivity contribution in [1.82, 2.24) is 15.3 Å². The molecule has 0 atom stereocenters. The van der Waals surface area contributed by atoms with Gasteiger partial charge in [0.05, 0.1) is 26.6 Å². The molecule has 0 aliphatic rings. The van der Waals surface area contributed by atoms with Crippen molar-refractivity contribution in [2.75, 3.05) is 6.54 Å². The van der Waals surface area contributed by atoms with E-state index in [9.17, 15) is 9.18 Å². The Balaban J connectivity index is 1.43. The molecular weight excluding hydrogens is 428 g/mol. The third kappa shape index (κ3) is 4.56. The van der Waals surface area contributed by atoms with Crippen LogP contribution in [0.4, 0.5) is 9.18 Å². The molecule has 0 aliphatic carbocycles. The normalized spacial score (nSPS) is 10.9. The van der Waals surface area contributed by atoms with Crippen LogP contribution in [0.5, 0.6) is 5.75 Å². The average Bonchev–Trinajstić information content (AvgIpc) is 3.10. The summed E-state index contributed by atoms with van der Waals surface area (Å²) in [6.07, 6.45) is -0.103. The number of benzene rings is 3. The summed E-state index contributed by atoms with van der Waals surface area (Å²) >= 11 is 12.5. The molecule has 0 aliphatic heterocycles. The van der Waals surface area contributed by atoms with Gasteiger partial charge in [0.2, 0.25) is 0 Å². The van der Waals surface area contributed by atoms with Crippen LogP contribution in [-0.4, -0.2) is 22.6 Å². The monoisotopic (exact) mass is 443 g/mol. The molecule has 1 aromatic heterocycles. The van der Waals surface area contributed by atoms with E-state index in [1.807, 2.05) is 0 Å². The van der Waals surface area contributed by atoms with Crippen molar-refractivity contribution < 1.29 is 13.9 Å². The minimum absolute atomic E-state index is 0.305. The number of ether oxygens (including phenoxy) is 1. The Morgan fingerprint density at radius 3 is 2.60 bits per heavy atom. The summed E-state index contributed by atoms with van der Waals surface area (Å²) in [5.41, 5.74) is 2.75. The van der Waals surface area contributed by atoms with Crippen molar-refractivity contribution in [2.24, 2.45) is 0 Å². The summed E-state index contributed by atoms with van der Waals surface area (Å²) in [5, 5.41) is 3.61. The Hall–Kier alpha value is -3.09. The predicted octanol–water partition coefficient (Wildman–Crippen LogP) is 6.01. The zero-order chi connectivity index (χ0) is 21.1. The van der Waals surface area contributed by atoms with Crippen molar-refractivity contribution in [2.45, 2.75) is 6.42 Å². The lowest BCUT2D eigenvalue weighted by atomic mass is 10.1. The first-order valence-corrected chi connectivity index (χ1v) is 9.89. The fourth-order valence-corrected chi connectivity index (χ4v) is 3.62. The Morgan fingerprint density at radius 1 is 1.07 bits per heavy atom. The van der Waals surface area contributed by atoms with Gasteiger partial charge in [-0.1, -0.05) is 41.4 Å². The van der Waals surface area contributed by atoms with Gasteiger partial charge in [-0.15, -0.1) is 0 Å². The standard InChI is InChI=1S/C22H16Cl2FN3O2/c23-16-5-2-6-17(24)20(16)21-27-18-8-7-15(12-19(18)28-21)30-22(29)26-10-9-13-3-1-4-14(25)11-13/h1-8,11-12H,9-10H2,(H,26,29)(H,27,28). The van der Waals surface area contributed by atoms with E-state index < -0.39 is 6.09 Å². The van der Waals surface area contributed by atoms with Crippen molar-refractivity contribution in [3.8, 4) is 17.1 Å². The molecule has 4 aromatic rings. The molecular formula is C22H16Cl2FN3O2. The number of carbonyl (C=O) groups is 1. The van der Waals surface area contributed by atoms with Crippen LogP contribution in [-0.2, 0) is 6.42 Å². The Bertz CT molecular complexity index is 1210. The zero-order valence-electron chi connectivity index (χ0n) is 15.6. The van der Waals surface area contributed by atoms with Gasteiger partial charge >= 0.3 is 6.09 Å². The summed E-state index contributed by atoms with van der Waals surface area (Å²) in [6, 6.07) is 16.5. The van der Waals surface area contributed by atoms with Gasteiger partial charge in [0.15, 0.2) is 0 Å². The number of H-pyrrole nitrogens is 1. The number of imidazole rings is 1. The van der Waals surface area contributed by atoms with E-state index in [0.717, 1.165) is 5.56 Å². The Kier molecular flexibility index (Phi) is 5.88. The van der Waals surface area contributed by atoms with Crippen LogP contribution < -0.4 is 10.1 Å². The molecule has 152 valence electrons. The van der Waals surface area contributed by atoms with Crippen molar-refractivity contribution in [3.63, 3.8) is 0 Å². The molecule has 1 heterocycles. The van der Waals surface area contributed by atoms with Gasteiger partial charge < -0.3 is 15.0 Å². The topological polar surface area (TPSA) is 67.0 Å². The molecule has 0 fully saturated rings. The second-order valence-corrected chi connectivity index (χ2v) is 7.37. The average molecular weight is 444 g/mol. The minimum atomic E-state index is -0.598. The highest BCUT2D eigenvalue weighted by Gasteiger charge is 2.14. The van der Waals surface area contributed by atoms with E-state index in [4.69, 9.17) is 27.9 Å². The second-order valence-electron chi connectivity index (χ2n) is 6.56. The van der Waals surface area contributed by atoms with E-state index in [1.165, 1.54) is 12.1 Å². The third-order valence-corrected chi connectivity index (χ3v) is 5.07. The number of aromatic nitrogens is 2. The zero-order valence-corrected chi connectivity index (χ0v) is 17.1. The van der Waals surface area contributed by atoms with E-state index in [0.29, 0.717) is 51.2 Å². The van der Waals surface area contributed by atoms with Crippen LogP contribution in [0.25, 0.3) is 22.4 Å². The molecule has 0 spiro atoms. The van der Waals surface area contributed by atoms with Gasteiger partial charge in [-0.05, 0) is 48.4 Å². The van der Waals surface area contributed by atoms with Crippen molar-refractivity contribution in [3.05, 3.63) is 82.1 Å². The van der Waals surface area contributed by atoms with Crippen LogP contribution in [0.2, 0.25) is 10.0 Å². The Morgan fingerprint density at radius 2 is 1.83 bits per heavy atom. The number of amides is 1. The lowest BCUT2D eigenvalue weighted by Crippen LogP contribution is -2.28. The number of fused-ring (bicyclic) bond motifs is 1. The largest absolute Gasteiger partial charge is 0.412 e. The SMILES string of the molecule is O=C(NCCc1cccc(F)c1)Oc1ccc2nc(-c3c(Cl)cccc3Cl)[nH]c2c1. The smallest absolute Gasteiger partial charge is 0.410 e. The molecule has 2 N–H and O–H groups in total. The van der Waals surface area contributed by atoms with E-state index in [-0.39, 0.29) is 5.82 Å². The molecule has 0 bridgehead atoms. The number of halogens is 3. The minimum Gasteiger partial charge on any atom is -0.410 e. The van der Waals surface area contributed by atoms with Crippen LogP contribution in [0.15, 0.2) is 60.7 Å². The first-order valence-electron chi connectivity index (χ1n) is 9.14. The summed E-state index contributed by atoms with van der Waals surface area (Å²) in [4.78, 5) is 19.7. The second kappa shape index (κ2) is 8.73. The van der Waals surface area contributed by atoms with Gasteiger partial charge in [0, 0.05) is 12.6 Å². The number of carbonyl (C=O) groups excluding carboxylic acids is 1. The number of nitrogens with zero attached hydrogens (tertiary/aromatic N) is 1. The molecule has 3 aromatic carbocycles. The van der Waals surface area contributed by atoms with Crippen LogP contribution in [0.1, 0.15) is 5.56 Å². The van der Waals surface area contributed by atoms with Crippen LogP contribution in [0.3, 0.4) is 0 Å². The van der Waals surface area contributed by atoms with Gasteiger partial charge in [0.1, 0.15) is 17.4 Å². The number of aromatic amines is 1. The number of rotatable bonds is 5. The summed E-state index contributed by atoms with van der Waals surface area (Å²) in [5.74, 6) is 0.573. The Labute approximate surface area is 181 Å². The van der Waals surface area contributed by atoms with Crippen molar-refractivity contribution in [1.29, 1.82) is 0 Å². The summed E-state index contributed by atoms with van der Waals surface area (Å²) in [7, 11) is 0. The molecule has 0 unspecified atom stereocenters. The summed E-state index contributed by atoms with van der Waals surface area (Å²) in [6.45, 7) is 0.323. The van der Waals surface area contributed by atoms with Gasteiger partial charge in [-0.25, -0.2) is 14.2 Å². The van der Waals surface area contributed by atoms with Crippen LogP contribution in [0, 0.1) is 5.82 Å². The van der Waals surface area contributed by atoms with E-state index in [2.05, 4.69) is 15.3 Å². The molecule has 0 saturated carbocycles. The summed E-state index contributed by atoms with van der Waals surface area (Å²) < 4.78 is 18.5. The number of nitrogens with one attached hydrogen (secondary N) is 2. The number of hydrogen-bond acceptors (Lipinski definition) is 3. The molecule has 0 saturated heterocycles. The maximum absolute atomic E-state index is 13.2. The molecule has 8 heteroatoms. The highest BCUT2D eigenvalue weighted by Crippen LogP contribution is 2.34. The van der Waals surface area contributed by atoms with Gasteiger partial charge in [-0.3, -0.25) is 0 Å². The van der Waals surface area contributed by atoms with Crippen LogP contribution >= 0.6 is 23.2 Å². The fourth-order valence-electron chi connectivity index (χ4n) is 3.04. The first kappa shape index (κ1) is 20.2. The molecule has 5 nitrogen and oxygen atoms in total. The van der Waals surface area contributed by atoms with Gasteiger partial charge in [-0.2, -0.15) is 0 Å². The number of hydrogen-bond donors (Lipinski definition) is 2. The quantitative estimate of drug-likeness (QED) is 0.396. The molecule has 1 amide bonds. The van der Waals surface area contributed by atoms with Crippen molar-refractivity contribution >= 4 is 40.3 Å². The fraction of sp³-hybridized carbons (Fsp3) is 0.0909. The lowest BCUT2D eigenvalue weighted by molar-refractivity contribution is 0.200. The lowest BCUT2D eigenvalue weighted by Gasteiger charge is -2.07. The van der Waals surface area contributed by atoms with Gasteiger partial charge in [0.25, 0.3) is 0 Å². The maximum atomic E-state index is 13.2. The predicted molar refractivity (Wildman–Crippen MR) is 116 cm³/mol. The van der Waals surface area contributed by atoms with E-state index >= 15 is 0 Å². The van der Waals surface area contributed by atoms with E-state index in [1.54, 1.807) is 48.5 Å².